The molecule has 2 aliphatic carbocycles. The van der Waals surface area contributed by atoms with Crippen molar-refractivity contribution in [3.05, 3.63) is 95.1 Å². The molecule has 0 radical (unpaired) electrons. The molecule has 2 atom stereocenters. The van der Waals surface area contributed by atoms with Gasteiger partial charge < -0.3 is 19.7 Å². The quantitative estimate of drug-likeness (QED) is 0.0647. The van der Waals surface area contributed by atoms with Gasteiger partial charge >= 0.3 is 11.9 Å². The molecule has 0 aromatic heterocycles. The summed E-state index contributed by atoms with van der Waals surface area (Å²) in [5.41, 5.74) is 9.25. The lowest BCUT2D eigenvalue weighted by Crippen LogP contribution is -2.27. The van der Waals surface area contributed by atoms with Gasteiger partial charge in [0, 0.05) is 5.92 Å². The molecular formula is C47H70O6. The molecule has 6 nitrogen and oxygen atoms in total. The first-order valence-corrected chi connectivity index (χ1v) is 20.7. The van der Waals surface area contributed by atoms with E-state index < -0.39 is 24.5 Å². The fourth-order valence-corrected chi connectivity index (χ4v) is 8.52. The number of benzene rings is 2. The highest BCUT2D eigenvalue weighted by atomic mass is 16.5. The van der Waals surface area contributed by atoms with E-state index in [2.05, 4.69) is 76.9 Å². The molecule has 0 saturated heterocycles. The lowest BCUT2D eigenvalue weighted by Gasteiger charge is -2.33. The molecule has 2 unspecified atom stereocenters. The minimum absolute atomic E-state index is 0.00875. The number of aliphatic hydroxyl groups is 2. The predicted octanol–water partition coefficient (Wildman–Crippen LogP) is 10.3. The van der Waals surface area contributed by atoms with E-state index in [-0.39, 0.29) is 31.3 Å². The number of aliphatic hydroxyl groups excluding tert-OH is 2. The van der Waals surface area contributed by atoms with Gasteiger partial charge in [-0.05, 0) is 147 Å². The number of aryl methyl sites for hydroxylation is 3. The third kappa shape index (κ3) is 13.2. The molecule has 0 spiro atoms. The maximum atomic E-state index is 12.2. The predicted molar refractivity (Wildman–Crippen MR) is 217 cm³/mol. The maximum absolute atomic E-state index is 12.2. The minimum atomic E-state index is -0.627. The van der Waals surface area contributed by atoms with E-state index in [0.717, 1.165) is 44.9 Å². The van der Waals surface area contributed by atoms with Crippen LogP contribution >= 0.6 is 0 Å². The van der Waals surface area contributed by atoms with Crippen molar-refractivity contribution in [1.82, 2.24) is 0 Å². The van der Waals surface area contributed by atoms with E-state index in [4.69, 9.17) is 9.47 Å². The van der Waals surface area contributed by atoms with Gasteiger partial charge in [0.25, 0.3) is 0 Å². The number of carbonyl (C=O) groups is 2. The fraction of sp³-hybridized carbons (Fsp3) is 0.617. The van der Waals surface area contributed by atoms with Crippen LogP contribution < -0.4 is 0 Å². The molecule has 2 aliphatic rings. The number of esters is 2. The molecule has 0 amide bonds. The van der Waals surface area contributed by atoms with Crippen LogP contribution in [0.3, 0.4) is 0 Å². The number of rotatable bonds is 19. The van der Waals surface area contributed by atoms with Crippen molar-refractivity contribution in [2.45, 2.75) is 142 Å². The van der Waals surface area contributed by atoms with Crippen molar-refractivity contribution in [2.24, 2.45) is 17.8 Å². The summed E-state index contributed by atoms with van der Waals surface area (Å²) in [5.74, 6) is 0.498. The van der Waals surface area contributed by atoms with Gasteiger partial charge in [-0.1, -0.05) is 76.6 Å². The topological polar surface area (TPSA) is 93.1 Å². The van der Waals surface area contributed by atoms with E-state index in [1.807, 2.05) is 0 Å². The minimum Gasteiger partial charge on any atom is -0.465 e. The number of unbranched alkanes of at least 4 members (excludes halogenated alkanes) is 2. The van der Waals surface area contributed by atoms with Crippen molar-refractivity contribution in [1.29, 1.82) is 0 Å². The Morgan fingerprint density at radius 2 is 1.32 bits per heavy atom. The van der Waals surface area contributed by atoms with Crippen molar-refractivity contribution in [2.75, 3.05) is 26.4 Å². The molecule has 0 heterocycles. The molecule has 294 valence electrons. The van der Waals surface area contributed by atoms with Crippen LogP contribution in [0.2, 0.25) is 0 Å². The first kappa shape index (κ1) is 44.2. The first-order chi connectivity index (χ1) is 25.7. The molecule has 2 saturated carbocycles. The van der Waals surface area contributed by atoms with E-state index in [1.54, 1.807) is 29.2 Å². The highest BCUT2D eigenvalue weighted by Crippen LogP contribution is 2.44. The second-order valence-corrected chi connectivity index (χ2v) is 15.6. The van der Waals surface area contributed by atoms with Crippen LogP contribution in [0.4, 0.5) is 0 Å². The second-order valence-electron chi connectivity index (χ2n) is 15.6. The third-order valence-electron chi connectivity index (χ3n) is 11.9. The molecule has 0 aliphatic heterocycles. The van der Waals surface area contributed by atoms with Crippen LogP contribution in [0.25, 0.3) is 0 Å². The number of hydrogen-bond donors (Lipinski definition) is 2. The molecule has 53 heavy (non-hydrogen) atoms. The van der Waals surface area contributed by atoms with E-state index in [9.17, 15) is 19.8 Å². The molecule has 2 aromatic carbocycles. The van der Waals surface area contributed by atoms with E-state index in [0.29, 0.717) is 23.7 Å². The van der Waals surface area contributed by atoms with Gasteiger partial charge in [-0.15, -0.1) is 13.2 Å². The Bertz CT molecular complexity index is 1410. The van der Waals surface area contributed by atoms with Gasteiger partial charge in [0.05, 0.1) is 37.9 Å². The summed E-state index contributed by atoms with van der Waals surface area (Å²) in [6.07, 6.45) is 17.5. The maximum Gasteiger partial charge on any atom is 0.335 e. The molecular weight excluding hydrogens is 661 g/mol. The summed E-state index contributed by atoms with van der Waals surface area (Å²) >= 11 is 0. The Kier molecular flexibility index (Phi) is 19.6. The zero-order valence-electron chi connectivity index (χ0n) is 33.5. The van der Waals surface area contributed by atoms with Crippen LogP contribution in [0.5, 0.6) is 0 Å². The largest absolute Gasteiger partial charge is 0.465 e. The fourth-order valence-electron chi connectivity index (χ4n) is 8.52. The number of hydrogen-bond acceptors (Lipinski definition) is 6. The van der Waals surface area contributed by atoms with Crippen molar-refractivity contribution in [3.63, 3.8) is 0 Å². The lowest BCUT2D eigenvalue weighted by molar-refractivity contribution is -0.152. The molecule has 0 bridgehead atoms. The summed E-state index contributed by atoms with van der Waals surface area (Å²) in [6.45, 7) is 17.6. The van der Waals surface area contributed by atoms with Gasteiger partial charge in [0.15, 0.2) is 0 Å². The van der Waals surface area contributed by atoms with E-state index in [1.165, 1.54) is 62.5 Å². The van der Waals surface area contributed by atoms with Gasteiger partial charge in [-0.3, -0.25) is 4.79 Å². The lowest BCUT2D eigenvalue weighted by atomic mass is 9.73. The highest BCUT2D eigenvalue weighted by molar-refractivity contribution is 5.87. The Labute approximate surface area is 321 Å². The van der Waals surface area contributed by atoms with Crippen molar-refractivity contribution >= 4 is 11.9 Å². The van der Waals surface area contributed by atoms with Crippen LogP contribution in [0.1, 0.15) is 156 Å². The highest BCUT2D eigenvalue weighted by Gasteiger charge is 2.29. The van der Waals surface area contributed by atoms with Crippen molar-refractivity contribution < 1.29 is 29.3 Å². The SMILES string of the molecule is C=C.C=C(CO)C(=O)OCC(COC(=O)C(C)CO)CC1CCC(c2ccc(C3CCC(c4ccc(CCCCC)c(CC)c4)CC3)c(CC)c2)CC1. The standard InChI is InChI=1S/C45H66O6.C2H4/c1-6-9-10-11-37-18-21-41(25-35(37)7-2)39-16-19-40(20-17-39)43-23-22-42(26-36(43)8-3)38-14-12-33(13-15-38)24-34(29-50-44(48)31(4)27-46)30-51-45(49)32(5)28-47;1-2/h18,21-23,25-26,32-34,38-40,46-47H,4,6-17,19-20,24,27-30H2,1-3,5H3;1-2H2. The van der Waals surface area contributed by atoms with Crippen molar-refractivity contribution in [3.8, 4) is 0 Å². The number of carbonyl (C=O) groups excluding carboxylic acids is 2. The molecule has 6 heteroatoms. The second kappa shape index (κ2) is 23.5. The smallest absolute Gasteiger partial charge is 0.335 e. The Morgan fingerprint density at radius 3 is 1.91 bits per heavy atom. The summed E-state index contributed by atoms with van der Waals surface area (Å²) in [4.78, 5) is 24.4. The van der Waals surface area contributed by atoms with E-state index >= 15 is 0 Å². The summed E-state index contributed by atoms with van der Waals surface area (Å²) in [7, 11) is 0. The Hall–Kier alpha value is -3.22. The third-order valence-corrected chi connectivity index (χ3v) is 11.9. The Balaban J connectivity index is 0.00000372. The first-order valence-electron chi connectivity index (χ1n) is 20.7. The Morgan fingerprint density at radius 1 is 0.755 bits per heavy atom. The zero-order valence-corrected chi connectivity index (χ0v) is 33.5. The monoisotopic (exact) mass is 731 g/mol. The molecule has 2 aromatic rings. The summed E-state index contributed by atoms with van der Waals surface area (Å²) < 4.78 is 10.9. The molecule has 2 N–H and O–H groups in total. The van der Waals surface area contributed by atoms with Gasteiger partial charge in [0.2, 0.25) is 0 Å². The van der Waals surface area contributed by atoms with Gasteiger partial charge in [-0.2, -0.15) is 0 Å². The molecule has 2 fully saturated rings. The number of ether oxygens (including phenoxy) is 2. The summed E-state index contributed by atoms with van der Waals surface area (Å²) in [6, 6.07) is 14.8. The van der Waals surface area contributed by atoms with Gasteiger partial charge in [0.1, 0.15) is 0 Å². The van der Waals surface area contributed by atoms with Gasteiger partial charge in [-0.25, -0.2) is 4.79 Å². The normalized spacial score (nSPS) is 21.1. The molecule has 4 rings (SSSR count). The average molecular weight is 731 g/mol. The van der Waals surface area contributed by atoms with Crippen LogP contribution in [-0.2, 0) is 38.3 Å². The van der Waals surface area contributed by atoms with Crippen LogP contribution in [0, 0.1) is 17.8 Å². The zero-order chi connectivity index (χ0) is 38.8. The summed E-state index contributed by atoms with van der Waals surface area (Å²) in [5, 5.41) is 18.6. The average Bonchev–Trinajstić information content (AvgIpc) is 3.21. The van der Waals surface area contributed by atoms with Crippen LogP contribution in [0.15, 0.2) is 61.7 Å². The van der Waals surface area contributed by atoms with Crippen LogP contribution in [-0.4, -0.2) is 48.6 Å².